The number of aliphatic hydroxyl groups excluding tert-OH is 1. The van der Waals surface area contributed by atoms with Gasteiger partial charge in [0.05, 0.1) is 16.4 Å². The van der Waals surface area contributed by atoms with Crippen LogP contribution in [0.1, 0.15) is 111 Å². The number of rotatable bonds is 9. The molecule has 1 unspecified atom stereocenters. The summed E-state index contributed by atoms with van der Waals surface area (Å²) in [4.78, 5) is 12.8. The quantitative estimate of drug-likeness (QED) is 0.131. The minimum absolute atomic E-state index is 0.0208. The number of allylic oxidation sites excluding steroid dienone is 1. The fourth-order valence-corrected chi connectivity index (χ4v) is 11.4. The molecule has 0 heterocycles. The lowest BCUT2D eigenvalue weighted by Crippen LogP contribution is -2.65. The predicted octanol–water partition coefficient (Wildman–Crippen LogP) is 7.97. The Hall–Kier alpha value is -1.70. The first kappa shape index (κ1) is 32.7. The van der Waals surface area contributed by atoms with E-state index in [0.29, 0.717) is 30.1 Å². The predicted molar refractivity (Wildman–Crippen MR) is 168 cm³/mol. The molecule has 0 bridgehead atoms. The Morgan fingerprint density at radius 3 is 2.40 bits per heavy atom. The van der Waals surface area contributed by atoms with E-state index in [9.17, 15) is 18.3 Å². The first-order valence-electron chi connectivity index (χ1n) is 16.7. The number of carbonyl (C=O) groups is 1. The monoisotopic (exact) mass is 614 g/mol. The topological polar surface area (TPSA) is 89.9 Å². The Balaban J connectivity index is 1.51. The lowest BCUT2D eigenvalue weighted by atomic mass is 9.45. The van der Waals surface area contributed by atoms with Crippen LogP contribution in [0.25, 0.3) is 0 Å². The van der Waals surface area contributed by atoms with Crippen molar-refractivity contribution in [2.75, 3.05) is 0 Å². The summed E-state index contributed by atoms with van der Waals surface area (Å²) in [7, 11) is -4.31. The zero-order valence-corrected chi connectivity index (χ0v) is 28.2. The van der Waals surface area contributed by atoms with Gasteiger partial charge >= 0.3 is 16.1 Å². The highest BCUT2D eigenvalue weighted by Gasteiger charge is 2.68. The number of fused-ring (bicyclic) bond motifs is 5. The molecule has 5 rings (SSSR count). The molecule has 0 aromatic heterocycles. The van der Waals surface area contributed by atoms with E-state index in [0.717, 1.165) is 36.3 Å². The van der Waals surface area contributed by atoms with E-state index in [2.05, 4.69) is 40.7 Å². The van der Waals surface area contributed by atoms with Gasteiger partial charge < -0.3 is 9.84 Å². The Morgan fingerprint density at radius 1 is 1.05 bits per heavy atom. The highest BCUT2D eigenvalue weighted by atomic mass is 32.2. The lowest BCUT2D eigenvalue weighted by Gasteiger charge is -2.62. The second kappa shape index (κ2) is 11.9. The van der Waals surface area contributed by atoms with Crippen molar-refractivity contribution in [3.63, 3.8) is 0 Å². The SMILES string of the molecule is CC(=O)OC1(OS(=O)(=O)c2ccc(C)cc2)C[C@H](O)CC2=CC[C@H]3[C@@H]4CC[C@H]([C@H](C)CCCC(C)C)[C@@]4(C)CC[C@@H]3[C@]21C. The Labute approximate surface area is 260 Å². The molecule has 6 nitrogen and oxygen atoms in total. The Kier molecular flexibility index (Phi) is 9.05. The summed E-state index contributed by atoms with van der Waals surface area (Å²) in [5, 5.41) is 11.1. The maximum absolute atomic E-state index is 13.8. The van der Waals surface area contributed by atoms with Crippen molar-refractivity contribution in [1.29, 1.82) is 0 Å². The molecule has 1 N–H and O–H groups in total. The zero-order valence-electron chi connectivity index (χ0n) is 27.4. The van der Waals surface area contributed by atoms with Crippen LogP contribution in [-0.2, 0) is 23.8 Å². The number of hydrogen-bond donors (Lipinski definition) is 1. The smallest absolute Gasteiger partial charge is 0.305 e. The molecule has 0 aliphatic heterocycles. The summed E-state index contributed by atoms with van der Waals surface area (Å²) in [5.74, 6) is 0.628. The number of benzene rings is 1. The normalized spacial score (nSPS) is 38.1. The summed E-state index contributed by atoms with van der Waals surface area (Å²) in [5.41, 5.74) is 1.27. The third-order valence-corrected chi connectivity index (χ3v) is 13.6. The van der Waals surface area contributed by atoms with Gasteiger partial charge in [-0.25, -0.2) is 4.18 Å². The van der Waals surface area contributed by atoms with Crippen LogP contribution in [0, 0.1) is 53.3 Å². The summed E-state index contributed by atoms with van der Waals surface area (Å²) in [6.07, 6.45) is 10.9. The van der Waals surface area contributed by atoms with Gasteiger partial charge in [-0.1, -0.05) is 76.3 Å². The van der Waals surface area contributed by atoms with Crippen LogP contribution in [0.4, 0.5) is 0 Å². The van der Waals surface area contributed by atoms with Gasteiger partial charge in [-0.3, -0.25) is 4.79 Å². The molecule has 0 radical (unpaired) electrons. The molecule has 9 atom stereocenters. The van der Waals surface area contributed by atoms with Crippen molar-refractivity contribution in [3.05, 3.63) is 41.5 Å². The fourth-order valence-electron chi connectivity index (χ4n) is 10.2. The second-order valence-electron chi connectivity index (χ2n) is 15.3. The Morgan fingerprint density at radius 2 is 1.74 bits per heavy atom. The number of esters is 1. The molecule has 0 saturated heterocycles. The highest BCUT2D eigenvalue weighted by molar-refractivity contribution is 7.86. The molecule has 0 spiro atoms. The number of aliphatic hydroxyl groups is 1. The molecule has 240 valence electrons. The molecule has 1 aromatic carbocycles. The largest absolute Gasteiger partial charge is 0.431 e. The van der Waals surface area contributed by atoms with E-state index < -0.39 is 33.4 Å². The first-order valence-corrected chi connectivity index (χ1v) is 18.1. The fraction of sp³-hybridized carbons (Fsp3) is 0.750. The minimum Gasteiger partial charge on any atom is -0.431 e. The molecular weight excluding hydrogens is 560 g/mol. The average Bonchev–Trinajstić information content (AvgIpc) is 3.26. The molecule has 1 aromatic rings. The molecule has 3 saturated carbocycles. The molecule has 3 fully saturated rings. The third kappa shape index (κ3) is 5.76. The van der Waals surface area contributed by atoms with E-state index in [4.69, 9.17) is 8.92 Å². The van der Waals surface area contributed by atoms with E-state index >= 15 is 0 Å². The van der Waals surface area contributed by atoms with Crippen molar-refractivity contribution in [3.8, 4) is 0 Å². The van der Waals surface area contributed by atoms with E-state index in [-0.39, 0.29) is 22.6 Å². The van der Waals surface area contributed by atoms with Gasteiger partial charge in [0, 0.05) is 13.3 Å². The van der Waals surface area contributed by atoms with Crippen LogP contribution in [0.2, 0.25) is 0 Å². The van der Waals surface area contributed by atoms with Crippen LogP contribution < -0.4 is 0 Å². The number of carbonyl (C=O) groups excluding carboxylic acids is 1. The van der Waals surface area contributed by atoms with Crippen molar-refractivity contribution >= 4 is 16.1 Å². The van der Waals surface area contributed by atoms with Crippen molar-refractivity contribution in [2.45, 2.75) is 129 Å². The first-order chi connectivity index (χ1) is 20.1. The van der Waals surface area contributed by atoms with Crippen LogP contribution in [0.3, 0.4) is 0 Å². The summed E-state index contributed by atoms with van der Waals surface area (Å²) in [6.45, 7) is 14.8. The lowest BCUT2D eigenvalue weighted by molar-refractivity contribution is -0.274. The van der Waals surface area contributed by atoms with E-state index in [1.165, 1.54) is 51.2 Å². The van der Waals surface area contributed by atoms with Gasteiger partial charge in [0.25, 0.3) is 0 Å². The molecule has 0 amide bonds. The molecular formula is C36H54O6S. The van der Waals surface area contributed by atoms with Gasteiger partial charge in [-0.2, -0.15) is 8.42 Å². The highest BCUT2D eigenvalue weighted by Crippen LogP contribution is 2.69. The molecule has 7 heteroatoms. The minimum atomic E-state index is -4.31. The molecule has 4 aliphatic carbocycles. The molecule has 43 heavy (non-hydrogen) atoms. The van der Waals surface area contributed by atoms with Crippen LogP contribution in [0.5, 0.6) is 0 Å². The van der Waals surface area contributed by atoms with Crippen molar-refractivity contribution in [2.24, 2.45) is 46.3 Å². The van der Waals surface area contributed by atoms with Crippen LogP contribution in [0.15, 0.2) is 40.8 Å². The van der Waals surface area contributed by atoms with Crippen LogP contribution >= 0.6 is 0 Å². The average molecular weight is 615 g/mol. The molecule has 4 aliphatic rings. The van der Waals surface area contributed by atoms with Gasteiger partial charge in [-0.05, 0) is 105 Å². The van der Waals surface area contributed by atoms with E-state index in [1.807, 2.05) is 6.92 Å². The van der Waals surface area contributed by atoms with Crippen molar-refractivity contribution in [1.82, 2.24) is 0 Å². The number of ether oxygens (including phenoxy) is 1. The van der Waals surface area contributed by atoms with Gasteiger partial charge in [0.2, 0.25) is 5.79 Å². The van der Waals surface area contributed by atoms with Crippen molar-refractivity contribution < 1.29 is 27.2 Å². The van der Waals surface area contributed by atoms with Gasteiger partial charge in [-0.15, -0.1) is 0 Å². The van der Waals surface area contributed by atoms with Crippen LogP contribution in [-0.4, -0.2) is 31.4 Å². The second-order valence-corrected chi connectivity index (χ2v) is 16.9. The standard InChI is InChI=1S/C36H54O6S/c1-23(2)9-8-10-25(4)31-17-18-32-30-16-13-27-21-28(38)22-36(41-26(5)37,35(27,7)33(30)19-20-34(31,32)6)42-43(39,40)29-14-11-24(3)12-15-29/h11-15,23,25,28,30-33,38H,8-10,16-22H2,1-7H3/t25-,28-,30+,31-,32+,33+,34-,35+,36?/m1/s1. The maximum Gasteiger partial charge on any atom is 0.305 e. The summed E-state index contributed by atoms with van der Waals surface area (Å²) in [6, 6.07) is 6.52. The third-order valence-electron chi connectivity index (χ3n) is 12.3. The summed E-state index contributed by atoms with van der Waals surface area (Å²) >= 11 is 0. The van der Waals surface area contributed by atoms with Gasteiger partial charge in [0.15, 0.2) is 0 Å². The maximum atomic E-state index is 13.8. The summed E-state index contributed by atoms with van der Waals surface area (Å²) < 4.78 is 39.9. The number of aryl methyl sites for hydroxylation is 1. The van der Waals surface area contributed by atoms with Gasteiger partial charge in [0.1, 0.15) is 0 Å². The number of hydrogen-bond acceptors (Lipinski definition) is 6. The Bertz CT molecular complexity index is 1320. The zero-order chi connectivity index (χ0) is 31.4. The van der Waals surface area contributed by atoms with E-state index in [1.54, 1.807) is 12.1 Å².